The van der Waals surface area contributed by atoms with Crippen molar-refractivity contribution in [2.24, 2.45) is 0 Å². The van der Waals surface area contributed by atoms with Crippen LogP contribution in [0.4, 0.5) is 5.69 Å². The number of nitrogens with zero attached hydrogens (tertiary/aromatic N) is 2. The van der Waals surface area contributed by atoms with Crippen LogP contribution < -0.4 is 4.90 Å². The smallest absolute Gasteiger partial charge is 0.217 e. The molecule has 114 valence electrons. The minimum absolute atomic E-state index is 0.0573. The minimum Gasteiger partial charge on any atom is -0.369 e. The Morgan fingerprint density at radius 1 is 1.05 bits per heavy atom. The summed E-state index contributed by atoms with van der Waals surface area (Å²) in [5, 5.41) is -0.126. The molecule has 0 bridgehead atoms. The zero-order valence-electron chi connectivity index (χ0n) is 12.2. The van der Waals surface area contributed by atoms with E-state index >= 15 is 0 Å². The number of carbonyl (C=O) groups is 1. The molecule has 2 fully saturated rings. The van der Waals surface area contributed by atoms with E-state index in [-0.39, 0.29) is 11.0 Å². The molecule has 0 radical (unpaired) electrons. The number of hydrogen-bond acceptors (Lipinski definition) is 4. The van der Waals surface area contributed by atoms with E-state index in [1.54, 1.807) is 11.2 Å². The van der Waals surface area contributed by atoms with Crippen molar-refractivity contribution in [3.8, 4) is 0 Å². The first kappa shape index (κ1) is 14.5. The molecule has 0 unspecified atom stereocenters. The Morgan fingerprint density at radius 3 is 2.10 bits per heavy atom. The highest BCUT2D eigenvalue weighted by Crippen LogP contribution is 2.31. The van der Waals surface area contributed by atoms with Gasteiger partial charge in [0.2, 0.25) is 10.0 Å². The topological polar surface area (TPSA) is 57.7 Å². The first-order chi connectivity index (χ1) is 9.98. The summed E-state index contributed by atoms with van der Waals surface area (Å²) in [6.45, 7) is 4.05. The van der Waals surface area contributed by atoms with E-state index < -0.39 is 10.0 Å². The summed E-state index contributed by atoms with van der Waals surface area (Å²) < 4.78 is 26.0. The third kappa shape index (κ3) is 2.96. The molecule has 1 aromatic carbocycles. The molecule has 0 amide bonds. The van der Waals surface area contributed by atoms with Crippen molar-refractivity contribution >= 4 is 21.5 Å². The van der Waals surface area contributed by atoms with E-state index in [9.17, 15) is 13.2 Å². The molecule has 1 heterocycles. The SMILES string of the molecule is CC(=O)c1ccc(N2CCN(S(=O)(=O)C3CC3)CC2)cc1. The number of piperazine rings is 1. The van der Waals surface area contributed by atoms with Crippen LogP contribution in [0.25, 0.3) is 0 Å². The number of anilines is 1. The molecule has 1 saturated carbocycles. The van der Waals surface area contributed by atoms with Gasteiger partial charge in [-0.25, -0.2) is 8.42 Å². The van der Waals surface area contributed by atoms with Gasteiger partial charge in [-0.1, -0.05) is 0 Å². The van der Waals surface area contributed by atoms with Gasteiger partial charge in [0.25, 0.3) is 0 Å². The fourth-order valence-corrected chi connectivity index (χ4v) is 4.51. The molecule has 1 aliphatic heterocycles. The standard InChI is InChI=1S/C15H20N2O3S/c1-12(18)13-2-4-14(5-3-13)16-8-10-17(11-9-16)21(19,20)15-6-7-15/h2-5,15H,6-11H2,1H3. The maximum Gasteiger partial charge on any atom is 0.217 e. The summed E-state index contributed by atoms with van der Waals surface area (Å²) in [5.41, 5.74) is 1.75. The summed E-state index contributed by atoms with van der Waals surface area (Å²) in [6.07, 6.45) is 1.63. The van der Waals surface area contributed by atoms with Crippen molar-refractivity contribution in [1.82, 2.24) is 4.31 Å². The number of hydrogen-bond donors (Lipinski definition) is 0. The molecule has 21 heavy (non-hydrogen) atoms. The number of Topliss-reactive ketones (excluding diaryl/α,β-unsaturated/α-hetero) is 1. The average Bonchev–Trinajstić information content (AvgIpc) is 3.32. The number of rotatable bonds is 4. The number of carbonyl (C=O) groups excluding carboxylic acids is 1. The van der Waals surface area contributed by atoms with E-state index in [0.29, 0.717) is 31.7 Å². The van der Waals surface area contributed by atoms with Gasteiger partial charge in [0, 0.05) is 37.4 Å². The van der Waals surface area contributed by atoms with Gasteiger partial charge >= 0.3 is 0 Å². The third-order valence-corrected chi connectivity index (χ3v) is 6.58. The maximum atomic E-state index is 12.2. The normalized spacial score (nSPS) is 20.5. The molecule has 0 atom stereocenters. The van der Waals surface area contributed by atoms with Crippen molar-refractivity contribution in [3.05, 3.63) is 29.8 Å². The predicted molar refractivity (Wildman–Crippen MR) is 82.2 cm³/mol. The first-order valence-corrected chi connectivity index (χ1v) is 8.84. The van der Waals surface area contributed by atoms with Gasteiger partial charge in [-0.3, -0.25) is 4.79 Å². The Balaban J connectivity index is 1.64. The van der Waals surface area contributed by atoms with E-state index in [0.717, 1.165) is 18.5 Å². The van der Waals surface area contributed by atoms with Crippen LogP contribution >= 0.6 is 0 Å². The van der Waals surface area contributed by atoms with Crippen LogP contribution in [0.5, 0.6) is 0 Å². The molecule has 0 aromatic heterocycles. The van der Waals surface area contributed by atoms with Gasteiger partial charge in [0.15, 0.2) is 5.78 Å². The lowest BCUT2D eigenvalue weighted by molar-refractivity contribution is 0.101. The van der Waals surface area contributed by atoms with E-state index in [1.807, 2.05) is 24.3 Å². The molecule has 3 rings (SSSR count). The van der Waals surface area contributed by atoms with E-state index in [2.05, 4.69) is 4.90 Å². The molecule has 5 nitrogen and oxygen atoms in total. The number of sulfonamides is 1. The molecule has 1 saturated heterocycles. The number of ketones is 1. The number of benzene rings is 1. The van der Waals surface area contributed by atoms with Gasteiger partial charge in [0.1, 0.15) is 0 Å². The van der Waals surface area contributed by atoms with Crippen molar-refractivity contribution in [2.45, 2.75) is 25.0 Å². The Kier molecular flexibility index (Phi) is 3.75. The highest BCUT2D eigenvalue weighted by Gasteiger charge is 2.40. The van der Waals surface area contributed by atoms with Crippen LogP contribution in [-0.2, 0) is 10.0 Å². The Morgan fingerprint density at radius 2 is 1.62 bits per heavy atom. The second-order valence-electron chi connectivity index (χ2n) is 5.73. The summed E-state index contributed by atoms with van der Waals surface area (Å²) >= 11 is 0. The lowest BCUT2D eigenvalue weighted by atomic mass is 10.1. The van der Waals surface area contributed by atoms with Crippen LogP contribution in [0, 0.1) is 0 Å². The predicted octanol–water partition coefficient (Wildman–Crippen LogP) is 1.50. The quantitative estimate of drug-likeness (QED) is 0.791. The highest BCUT2D eigenvalue weighted by molar-refractivity contribution is 7.90. The Labute approximate surface area is 125 Å². The van der Waals surface area contributed by atoms with Crippen molar-refractivity contribution in [3.63, 3.8) is 0 Å². The van der Waals surface area contributed by atoms with E-state index in [4.69, 9.17) is 0 Å². The van der Waals surface area contributed by atoms with Crippen LogP contribution in [0.1, 0.15) is 30.1 Å². The minimum atomic E-state index is -3.05. The zero-order valence-corrected chi connectivity index (χ0v) is 13.0. The maximum absolute atomic E-state index is 12.2. The summed E-state index contributed by atoms with van der Waals surface area (Å²) in [7, 11) is -3.05. The third-order valence-electron chi connectivity index (χ3n) is 4.18. The van der Waals surface area contributed by atoms with Gasteiger partial charge in [-0.15, -0.1) is 0 Å². The average molecular weight is 308 g/mol. The molecule has 6 heteroatoms. The lowest BCUT2D eigenvalue weighted by Gasteiger charge is -2.35. The van der Waals surface area contributed by atoms with Crippen molar-refractivity contribution in [2.75, 3.05) is 31.1 Å². The first-order valence-electron chi connectivity index (χ1n) is 7.33. The van der Waals surface area contributed by atoms with Crippen LogP contribution in [0.15, 0.2) is 24.3 Å². The Hall–Kier alpha value is -1.40. The van der Waals surface area contributed by atoms with Crippen molar-refractivity contribution < 1.29 is 13.2 Å². The second-order valence-corrected chi connectivity index (χ2v) is 7.95. The molecular formula is C15H20N2O3S. The zero-order chi connectivity index (χ0) is 15.0. The summed E-state index contributed by atoms with van der Waals surface area (Å²) in [4.78, 5) is 13.4. The summed E-state index contributed by atoms with van der Waals surface area (Å²) in [5.74, 6) is 0.0573. The monoisotopic (exact) mass is 308 g/mol. The van der Waals surface area contributed by atoms with Gasteiger partial charge in [0.05, 0.1) is 5.25 Å². The molecule has 0 spiro atoms. The molecular weight excluding hydrogens is 288 g/mol. The van der Waals surface area contributed by atoms with Gasteiger partial charge < -0.3 is 4.90 Å². The summed E-state index contributed by atoms with van der Waals surface area (Å²) in [6, 6.07) is 7.51. The van der Waals surface area contributed by atoms with Crippen LogP contribution in [0.2, 0.25) is 0 Å². The Bertz CT molecular complexity index is 627. The second kappa shape index (κ2) is 5.42. The molecule has 2 aliphatic rings. The molecule has 1 aliphatic carbocycles. The fraction of sp³-hybridized carbons (Fsp3) is 0.533. The van der Waals surface area contributed by atoms with Crippen LogP contribution in [0.3, 0.4) is 0 Å². The van der Waals surface area contributed by atoms with E-state index in [1.165, 1.54) is 0 Å². The van der Waals surface area contributed by atoms with Gasteiger partial charge in [-0.2, -0.15) is 4.31 Å². The van der Waals surface area contributed by atoms with Crippen molar-refractivity contribution in [1.29, 1.82) is 0 Å². The molecule has 0 N–H and O–H groups in total. The molecule has 1 aromatic rings. The van der Waals surface area contributed by atoms with Gasteiger partial charge in [-0.05, 0) is 44.0 Å². The fourth-order valence-electron chi connectivity index (χ4n) is 2.68. The van der Waals surface area contributed by atoms with Crippen LogP contribution in [-0.4, -0.2) is 49.9 Å². The highest BCUT2D eigenvalue weighted by atomic mass is 32.2. The largest absolute Gasteiger partial charge is 0.369 e. The lowest BCUT2D eigenvalue weighted by Crippen LogP contribution is -2.49.